The fourth-order valence-electron chi connectivity index (χ4n) is 2.20. The molecule has 0 bridgehead atoms. The molecule has 0 unspecified atom stereocenters. The smallest absolute Gasteiger partial charge is 0.220 e. The second-order valence-electron chi connectivity index (χ2n) is 4.50. The highest BCUT2D eigenvalue weighted by molar-refractivity contribution is 5.86. The predicted molar refractivity (Wildman–Crippen MR) is 80.6 cm³/mol. The number of nitrogens with two attached hydrogens (primary N) is 1. The highest BCUT2D eigenvalue weighted by Gasteiger charge is 2.15. The van der Waals surface area contributed by atoms with Gasteiger partial charge < -0.3 is 19.6 Å². The molecule has 0 aliphatic heterocycles. The first-order valence-corrected chi connectivity index (χ1v) is 6.46. The van der Waals surface area contributed by atoms with Crippen LogP contribution in [0.5, 0.6) is 11.5 Å². The molecule has 7 nitrogen and oxygen atoms in total. The summed E-state index contributed by atoms with van der Waals surface area (Å²) in [5, 5.41) is 9.08. The summed E-state index contributed by atoms with van der Waals surface area (Å²) >= 11 is 0. The minimum atomic E-state index is 0.136. The van der Waals surface area contributed by atoms with E-state index in [1.807, 2.05) is 0 Å². The third kappa shape index (κ3) is 2.22. The van der Waals surface area contributed by atoms with Gasteiger partial charge >= 0.3 is 0 Å². The highest BCUT2D eigenvalue weighted by atomic mass is 16.5. The van der Waals surface area contributed by atoms with Crippen LogP contribution < -0.4 is 20.6 Å². The molecule has 0 amide bonds. The van der Waals surface area contributed by atoms with Crippen LogP contribution in [0, 0.1) is 5.41 Å². The van der Waals surface area contributed by atoms with Crippen LogP contribution in [0.1, 0.15) is 0 Å². The lowest BCUT2D eigenvalue weighted by molar-refractivity contribution is 0.353. The van der Waals surface area contributed by atoms with Crippen molar-refractivity contribution < 1.29 is 13.9 Å². The van der Waals surface area contributed by atoms with Crippen molar-refractivity contribution >= 4 is 16.9 Å². The Morgan fingerprint density at radius 1 is 1.18 bits per heavy atom. The van der Waals surface area contributed by atoms with Gasteiger partial charge in [-0.3, -0.25) is 5.41 Å². The average Bonchev–Trinajstić information content (AvgIpc) is 2.53. The zero-order chi connectivity index (χ0) is 15.7. The third-order valence-corrected chi connectivity index (χ3v) is 3.20. The lowest BCUT2D eigenvalue weighted by Crippen LogP contribution is -2.04. The number of nitrogens with one attached hydrogen (secondary N) is 1. The number of fused-ring (bicyclic) bond motifs is 1. The number of nitrogen functional groups attached to an aromatic ring is 1. The van der Waals surface area contributed by atoms with Gasteiger partial charge in [0.05, 0.1) is 19.6 Å². The van der Waals surface area contributed by atoms with Crippen LogP contribution in [0.2, 0.25) is 0 Å². The van der Waals surface area contributed by atoms with Gasteiger partial charge in [-0.2, -0.15) is 0 Å². The summed E-state index contributed by atoms with van der Waals surface area (Å²) in [5.41, 5.74) is 6.50. The van der Waals surface area contributed by atoms with Gasteiger partial charge in [-0.25, -0.2) is 9.97 Å². The number of hydrogen-bond donors (Lipinski definition) is 2. The first-order valence-electron chi connectivity index (χ1n) is 6.46. The molecule has 2 aromatic heterocycles. The Morgan fingerprint density at radius 2 is 2.00 bits per heavy atom. The van der Waals surface area contributed by atoms with Gasteiger partial charge in [0.15, 0.2) is 17.1 Å². The van der Waals surface area contributed by atoms with Crippen molar-refractivity contribution in [2.24, 2.45) is 0 Å². The van der Waals surface area contributed by atoms with Crippen LogP contribution in [0.15, 0.2) is 34.9 Å². The Labute approximate surface area is 125 Å². The van der Waals surface area contributed by atoms with Crippen LogP contribution >= 0.6 is 0 Å². The van der Waals surface area contributed by atoms with E-state index in [9.17, 15) is 0 Å². The van der Waals surface area contributed by atoms with E-state index in [1.165, 1.54) is 13.3 Å². The van der Waals surface area contributed by atoms with Gasteiger partial charge in [-0.1, -0.05) is 0 Å². The maximum atomic E-state index is 8.18. The zero-order valence-corrected chi connectivity index (χ0v) is 12.1. The Balaban J connectivity index is 2.33. The molecule has 3 rings (SSSR count). The fourth-order valence-corrected chi connectivity index (χ4v) is 2.20. The molecule has 0 aliphatic rings. The number of methoxy groups -OCH3 is 2. The summed E-state index contributed by atoms with van der Waals surface area (Å²) in [6.07, 6.45) is 1.53. The lowest BCUT2D eigenvalue weighted by atomic mass is 10.1. The number of benzene rings is 1. The maximum absolute atomic E-state index is 8.18. The molecule has 1 aromatic carbocycles. The number of anilines is 1. The molecule has 7 heteroatoms. The molecule has 0 spiro atoms. The lowest BCUT2D eigenvalue weighted by Gasteiger charge is -2.11. The molecule has 0 radical (unpaired) electrons. The van der Waals surface area contributed by atoms with Crippen LogP contribution in [-0.2, 0) is 0 Å². The summed E-state index contributed by atoms with van der Waals surface area (Å²) in [6.45, 7) is 0. The van der Waals surface area contributed by atoms with E-state index < -0.39 is 0 Å². The number of aromatic nitrogens is 2. The molecule has 22 heavy (non-hydrogen) atoms. The van der Waals surface area contributed by atoms with Crippen LogP contribution in [0.25, 0.3) is 22.4 Å². The molecule has 112 valence electrons. The fraction of sp³-hybridized carbons (Fsp3) is 0.133. The largest absolute Gasteiger partial charge is 0.493 e. The van der Waals surface area contributed by atoms with Gasteiger partial charge in [0, 0.05) is 17.6 Å². The molecule has 3 aromatic rings. The van der Waals surface area contributed by atoms with E-state index in [4.69, 9.17) is 25.0 Å². The van der Waals surface area contributed by atoms with Gasteiger partial charge in [0.25, 0.3) is 0 Å². The number of nitrogens with zero attached hydrogens (tertiary/aromatic N) is 2. The summed E-state index contributed by atoms with van der Waals surface area (Å²) < 4.78 is 16.5. The van der Waals surface area contributed by atoms with Gasteiger partial charge in [0.1, 0.15) is 5.69 Å². The van der Waals surface area contributed by atoms with Crippen LogP contribution in [0.4, 0.5) is 5.95 Å². The van der Waals surface area contributed by atoms with Crippen LogP contribution in [0.3, 0.4) is 0 Å². The molecular weight excluding hydrogens is 284 g/mol. The van der Waals surface area contributed by atoms with Crippen molar-refractivity contribution in [2.75, 3.05) is 20.0 Å². The van der Waals surface area contributed by atoms with Gasteiger partial charge in [-0.05, 0) is 18.2 Å². The normalized spacial score (nSPS) is 10.6. The summed E-state index contributed by atoms with van der Waals surface area (Å²) in [4.78, 5) is 7.95. The standard InChI is InChI=1S/C15H14N4O3/c1-20-11-4-3-8-9(16)7-12(22-13(8)14(11)21-2)10-5-6-18-15(17)19-10/h3-7,16H,1-2H3,(H2,17,18,19). The van der Waals surface area contributed by atoms with E-state index >= 15 is 0 Å². The van der Waals surface area contributed by atoms with Crippen molar-refractivity contribution in [1.82, 2.24) is 9.97 Å². The van der Waals surface area contributed by atoms with Crippen molar-refractivity contribution in [3.63, 3.8) is 0 Å². The molecule has 0 aliphatic carbocycles. The second kappa shape index (κ2) is 5.36. The zero-order valence-electron chi connectivity index (χ0n) is 12.1. The minimum absolute atomic E-state index is 0.136. The van der Waals surface area contributed by atoms with Crippen LogP contribution in [-0.4, -0.2) is 24.2 Å². The van der Waals surface area contributed by atoms with Gasteiger partial charge in [-0.15, -0.1) is 0 Å². The van der Waals surface area contributed by atoms with Crippen molar-refractivity contribution in [1.29, 1.82) is 5.41 Å². The van der Waals surface area contributed by atoms with E-state index in [0.717, 1.165) is 0 Å². The van der Waals surface area contributed by atoms with E-state index in [1.54, 1.807) is 31.4 Å². The molecule has 0 saturated carbocycles. The average molecular weight is 298 g/mol. The third-order valence-electron chi connectivity index (χ3n) is 3.20. The van der Waals surface area contributed by atoms with E-state index in [-0.39, 0.29) is 11.3 Å². The Hall–Kier alpha value is -3.09. The summed E-state index contributed by atoms with van der Waals surface area (Å²) in [7, 11) is 3.06. The quantitative estimate of drug-likeness (QED) is 0.765. The SMILES string of the molecule is COc1ccc2c(=N)cc(-c3ccnc(N)n3)oc2c1OC. The minimum Gasteiger partial charge on any atom is -0.493 e. The molecule has 0 saturated heterocycles. The van der Waals surface area contributed by atoms with E-state index in [0.29, 0.717) is 33.9 Å². The Bertz CT molecular complexity index is 905. The predicted octanol–water partition coefficient (Wildman–Crippen LogP) is 1.97. The molecule has 0 atom stereocenters. The number of ether oxygens (including phenoxy) is 2. The monoisotopic (exact) mass is 298 g/mol. The Morgan fingerprint density at radius 3 is 2.68 bits per heavy atom. The molecular formula is C15H14N4O3. The topological polar surface area (TPSA) is 107 Å². The van der Waals surface area contributed by atoms with E-state index in [2.05, 4.69) is 9.97 Å². The highest BCUT2D eigenvalue weighted by Crippen LogP contribution is 2.35. The van der Waals surface area contributed by atoms with Crippen molar-refractivity contribution in [2.45, 2.75) is 0 Å². The van der Waals surface area contributed by atoms with Crippen molar-refractivity contribution in [3.05, 3.63) is 35.8 Å². The molecule has 0 fully saturated rings. The number of hydrogen-bond acceptors (Lipinski definition) is 7. The second-order valence-corrected chi connectivity index (χ2v) is 4.50. The molecule has 2 heterocycles. The van der Waals surface area contributed by atoms with Crippen molar-refractivity contribution in [3.8, 4) is 23.0 Å². The van der Waals surface area contributed by atoms with Gasteiger partial charge in [0.2, 0.25) is 11.7 Å². The first-order chi connectivity index (χ1) is 10.6. The first kappa shape index (κ1) is 13.9. The summed E-state index contributed by atoms with van der Waals surface area (Å²) in [6, 6.07) is 6.72. The summed E-state index contributed by atoms with van der Waals surface area (Å²) in [5.74, 6) is 1.49. The Kier molecular flexibility index (Phi) is 3.38. The number of rotatable bonds is 3. The maximum Gasteiger partial charge on any atom is 0.220 e. The molecule has 3 N–H and O–H groups in total.